The van der Waals surface area contributed by atoms with E-state index in [4.69, 9.17) is 0 Å². The molecule has 0 aromatic carbocycles. The van der Waals surface area contributed by atoms with E-state index in [9.17, 15) is 4.79 Å². The SMILES string of the molecule is Cl.Cl.O=C(c1cn(CCN2CCNCC2)nn1)N1C[C@@H]2CC[C@H](C1)N(CC1CC1)C2. The quantitative estimate of drug-likeness (QED) is 0.683. The van der Waals surface area contributed by atoms with Crippen LogP contribution >= 0.6 is 24.8 Å². The predicted octanol–water partition coefficient (Wildman–Crippen LogP) is 0.973. The lowest BCUT2D eigenvalue weighted by Gasteiger charge is -2.36. The van der Waals surface area contributed by atoms with Crippen LogP contribution in [0.4, 0.5) is 0 Å². The van der Waals surface area contributed by atoms with Gasteiger partial charge >= 0.3 is 0 Å². The summed E-state index contributed by atoms with van der Waals surface area (Å²) in [6.45, 7) is 10.2. The van der Waals surface area contributed by atoms with Gasteiger partial charge in [0.25, 0.3) is 5.91 Å². The number of nitrogens with zero attached hydrogens (tertiary/aromatic N) is 6. The second-order valence-electron chi connectivity index (χ2n) is 9.16. The molecule has 6 rings (SSSR count). The smallest absolute Gasteiger partial charge is 0.276 e. The van der Waals surface area contributed by atoms with E-state index in [0.717, 1.165) is 58.3 Å². The Labute approximate surface area is 191 Å². The maximum Gasteiger partial charge on any atom is 0.276 e. The maximum atomic E-state index is 13.1. The lowest BCUT2D eigenvalue weighted by atomic mass is 9.95. The number of piperazine rings is 1. The monoisotopic (exact) mass is 459 g/mol. The lowest BCUT2D eigenvalue weighted by Crippen LogP contribution is -2.45. The van der Waals surface area contributed by atoms with Crippen LogP contribution in [0.2, 0.25) is 0 Å². The molecule has 1 amide bonds. The first-order valence-corrected chi connectivity index (χ1v) is 11.1. The van der Waals surface area contributed by atoms with E-state index in [1.165, 1.54) is 38.8 Å². The highest BCUT2D eigenvalue weighted by molar-refractivity contribution is 5.92. The first-order valence-electron chi connectivity index (χ1n) is 11.1. The van der Waals surface area contributed by atoms with Crippen molar-refractivity contribution in [2.45, 2.75) is 38.3 Å². The molecule has 10 heteroatoms. The van der Waals surface area contributed by atoms with Crippen LogP contribution in [0.1, 0.15) is 36.2 Å². The van der Waals surface area contributed by atoms with Crippen molar-refractivity contribution in [3.63, 3.8) is 0 Å². The van der Waals surface area contributed by atoms with Crippen molar-refractivity contribution in [2.24, 2.45) is 11.8 Å². The topological polar surface area (TPSA) is 69.5 Å². The summed E-state index contributed by atoms with van der Waals surface area (Å²) in [6.07, 6.45) is 7.13. The largest absolute Gasteiger partial charge is 0.335 e. The number of halogens is 2. The molecule has 1 aromatic heterocycles. The zero-order valence-corrected chi connectivity index (χ0v) is 19.2. The molecule has 5 heterocycles. The number of rotatable bonds is 6. The van der Waals surface area contributed by atoms with Crippen LogP contribution in [0, 0.1) is 11.8 Å². The van der Waals surface area contributed by atoms with Crippen LogP contribution in [0.25, 0.3) is 0 Å². The molecule has 8 nitrogen and oxygen atoms in total. The van der Waals surface area contributed by atoms with Gasteiger partial charge in [-0.15, -0.1) is 29.9 Å². The summed E-state index contributed by atoms with van der Waals surface area (Å²) in [4.78, 5) is 20.3. The fourth-order valence-corrected chi connectivity index (χ4v) is 5.05. The molecule has 0 radical (unpaired) electrons. The highest BCUT2D eigenvalue weighted by Crippen LogP contribution is 2.35. The minimum Gasteiger partial charge on any atom is -0.335 e. The molecule has 2 bridgehead atoms. The molecule has 0 spiro atoms. The highest BCUT2D eigenvalue weighted by atomic mass is 35.5. The Hall–Kier alpha value is -0.930. The van der Waals surface area contributed by atoms with Crippen LogP contribution in [-0.2, 0) is 6.54 Å². The Morgan fingerprint density at radius 3 is 2.60 bits per heavy atom. The molecule has 4 aliphatic heterocycles. The van der Waals surface area contributed by atoms with Crippen molar-refractivity contribution in [2.75, 3.05) is 58.9 Å². The minimum atomic E-state index is 0. The summed E-state index contributed by atoms with van der Waals surface area (Å²) in [5.74, 6) is 1.60. The van der Waals surface area contributed by atoms with Gasteiger partial charge in [-0.2, -0.15) is 0 Å². The second-order valence-corrected chi connectivity index (χ2v) is 9.16. The molecular weight excluding hydrogens is 425 g/mol. The molecule has 5 fully saturated rings. The van der Waals surface area contributed by atoms with Crippen molar-refractivity contribution in [1.82, 2.24) is 35.0 Å². The van der Waals surface area contributed by atoms with Crippen molar-refractivity contribution in [1.29, 1.82) is 0 Å². The van der Waals surface area contributed by atoms with Gasteiger partial charge < -0.3 is 10.2 Å². The molecule has 1 aromatic rings. The fraction of sp³-hybridized carbons (Fsp3) is 0.850. The molecule has 1 N–H and O–H groups in total. The summed E-state index contributed by atoms with van der Waals surface area (Å²) in [5.41, 5.74) is 0.510. The third-order valence-electron chi connectivity index (χ3n) is 6.92. The summed E-state index contributed by atoms with van der Waals surface area (Å²) in [7, 11) is 0. The number of piperidine rings is 1. The van der Waals surface area contributed by atoms with Gasteiger partial charge in [-0.3, -0.25) is 19.3 Å². The molecule has 30 heavy (non-hydrogen) atoms. The summed E-state index contributed by atoms with van der Waals surface area (Å²) in [5, 5.41) is 11.8. The number of amides is 1. The summed E-state index contributed by atoms with van der Waals surface area (Å²) in [6, 6.07) is 0.533. The van der Waals surface area contributed by atoms with E-state index in [2.05, 4.69) is 30.3 Å². The van der Waals surface area contributed by atoms with Gasteiger partial charge in [-0.1, -0.05) is 5.21 Å². The Kier molecular flexibility index (Phi) is 8.38. The molecular formula is C20H35Cl2N7O. The van der Waals surface area contributed by atoms with Gasteiger partial charge in [-0.25, -0.2) is 0 Å². The molecule has 4 saturated heterocycles. The van der Waals surface area contributed by atoms with E-state index in [0.29, 0.717) is 17.7 Å². The zero-order valence-electron chi connectivity index (χ0n) is 17.6. The Morgan fingerprint density at radius 2 is 1.83 bits per heavy atom. The van der Waals surface area contributed by atoms with Gasteiger partial charge in [-0.05, 0) is 37.5 Å². The normalized spacial score (nSPS) is 27.3. The average molecular weight is 460 g/mol. The van der Waals surface area contributed by atoms with E-state index in [1.807, 2.05) is 10.9 Å². The van der Waals surface area contributed by atoms with Gasteiger partial charge in [0.15, 0.2) is 5.69 Å². The Bertz CT molecular complexity index is 692. The molecule has 2 atom stereocenters. The van der Waals surface area contributed by atoms with Crippen molar-refractivity contribution >= 4 is 30.7 Å². The number of hydrogen-bond acceptors (Lipinski definition) is 6. The van der Waals surface area contributed by atoms with Gasteiger partial charge in [0.05, 0.1) is 12.7 Å². The molecule has 1 saturated carbocycles. The molecule has 0 unspecified atom stereocenters. The van der Waals surface area contributed by atoms with Gasteiger partial charge in [0.2, 0.25) is 0 Å². The number of carbonyl (C=O) groups is 1. The van der Waals surface area contributed by atoms with E-state index in [1.54, 1.807) is 0 Å². The van der Waals surface area contributed by atoms with Crippen molar-refractivity contribution in [3.8, 4) is 0 Å². The summed E-state index contributed by atoms with van der Waals surface area (Å²) < 4.78 is 1.83. The number of hydrogen-bond donors (Lipinski definition) is 1. The second kappa shape index (κ2) is 10.6. The predicted molar refractivity (Wildman–Crippen MR) is 121 cm³/mol. The van der Waals surface area contributed by atoms with E-state index < -0.39 is 0 Å². The number of nitrogens with one attached hydrogen (secondary N) is 1. The molecule has 5 aliphatic rings. The fourth-order valence-electron chi connectivity index (χ4n) is 5.05. The van der Waals surface area contributed by atoms with E-state index in [-0.39, 0.29) is 30.7 Å². The van der Waals surface area contributed by atoms with E-state index >= 15 is 0 Å². The standard InChI is InChI=1S/C20H33N7O.2ClH/c28-20(19-15-27(23-22-19)10-9-24-7-5-21-6-8-24)26-13-17-3-4-18(14-26)25(12-17)11-16-1-2-16;;/h15-18,21H,1-14H2;2*1H/t17-,18-;;/m1../s1. The first-order chi connectivity index (χ1) is 13.7. The van der Waals surface area contributed by atoms with Crippen molar-refractivity contribution < 1.29 is 4.79 Å². The minimum absolute atomic E-state index is 0. The van der Waals surface area contributed by atoms with Gasteiger partial charge in [0.1, 0.15) is 0 Å². The van der Waals surface area contributed by atoms with Crippen molar-refractivity contribution in [3.05, 3.63) is 11.9 Å². The number of carbonyl (C=O) groups excluding carboxylic acids is 1. The van der Waals surface area contributed by atoms with Crippen LogP contribution in [-0.4, -0.2) is 101 Å². The number of fused-ring (bicyclic) bond motifs is 4. The summed E-state index contributed by atoms with van der Waals surface area (Å²) >= 11 is 0. The lowest BCUT2D eigenvalue weighted by molar-refractivity contribution is 0.0730. The van der Waals surface area contributed by atoms with Crippen LogP contribution in [0.15, 0.2) is 6.20 Å². The first kappa shape index (κ1) is 23.7. The maximum absolute atomic E-state index is 13.1. The van der Waals surface area contributed by atoms with Crippen LogP contribution in [0.3, 0.4) is 0 Å². The van der Waals surface area contributed by atoms with Gasteiger partial charge in [0, 0.05) is 64.9 Å². The molecule has 170 valence electrons. The zero-order chi connectivity index (χ0) is 18.9. The Balaban J connectivity index is 0.00000128. The van der Waals surface area contributed by atoms with Crippen LogP contribution in [0.5, 0.6) is 0 Å². The third kappa shape index (κ3) is 5.65. The Morgan fingerprint density at radius 1 is 1.03 bits per heavy atom. The molecule has 1 aliphatic carbocycles. The number of aromatic nitrogens is 3. The third-order valence-corrected chi connectivity index (χ3v) is 6.92. The average Bonchev–Trinajstić information content (AvgIpc) is 3.48. The highest BCUT2D eigenvalue weighted by Gasteiger charge is 2.39. The van der Waals surface area contributed by atoms with Crippen LogP contribution < -0.4 is 5.32 Å².